The number of alkyl halides is 1. The van der Waals surface area contributed by atoms with Crippen molar-refractivity contribution in [3.8, 4) is 0 Å². The van der Waals surface area contributed by atoms with Crippen molar-refractivity contribution in [1.82, 2.24) is 9.88 Å². The van der Waals surface area contributed by atoms with E-state index in [-0.39, 0.29) is 0 Å². The molecule has 1 heterocycles. The number of hydrogen-bond acceptors (Lipinski definition) is 2. The molecule has 0 fully saturated rings. The highest BCUT2D eigenvalue weighted by atomic mass is 79.9. The number of benzene rings is 1. The van der Waals surface area contributed by atoms with Crippen molar-refractivity contribution in [1.29, 1.82) is 0 Å². The van der Waals surface area contributed by atoms with Gasteiger partial charge >= 0.3 is 0 Å². The highest BCUT2D eigenvalue weighted by Crippen LogP contribution is 2.17. The van der Waals surface area contributed by atoms with Crippen LogP contribution in [0.25, 0.3) is 10.9 Å². The van der Waals surface area contributed by atoms with Gasteiger partial charge in [0.2, 0.25) is 0 Å². The third kappa shape index (κ3) is 3.05. The first-order valence-electron chi connectivity index (χ1n) is 5.96. The molecule has 0 N–H and O–H groups in total. The number of nitrogens with zero attached hydrogens (tertiary/aromatic N) is 2. The van der Waals surface area contributed by atoms with E-state index < -0.39 is 0 Å². The predicted molar refractivity (Wildman–Crippen MR) is 76.5 cm³/mol. The lowest BCUT2D eigenvalue weighted by molar-refractivity contribution is 0.300. The number of hydrogen-bond donors (Lipinski definition) is 0. The second kappa shape index (κ2) is 6.12. The summed E-state index contributed by atoms with van der Waals surface area (Å²) in [5.74, 6) is 0. The molecule has 0 amide bonds. The van der Waals surface area contributed by atoms with Crippen LogP contribution in [0.5, 0.6) is 0 Å². The fraction of sp³-hybridized carbons (Fsp3) is 0.357. The van der Waals surface area contributed by atoms with Crippen LogP contribution in [0, 0.1) is 0 Å². The number of halogens is 1. The molecule has 1 aromatic carbocycles. The Morgan fingerprint density at radius 2 is 2.06 bits per heavy atom. The van der Waals surface area contributed by atoms with Crippen molar-refractivity contribution in [3.63, 3.8) is 0 Å². The summed E-state index contributed by atoms with van der Waals surface area (Å²) in [6.45, 7) is 5.30. The van der Waals surface area contributed by atoms with Gasteiger partial charge in [0.05, 0.1) is 5.52 Å². The summed E-state index contributed by atoms with van der Waals surface area (Å²) in [7, 11) is 0. The molecule has 0 saturated carbocycles. The van der Waals surface area contributed by atoms with E-state index in [4.69, 9.17) is 0 Å². The van der Waals surface area contributed by atoms with E-state index in [2.05, 4.69) is 57.0 Å². The molecule has 0 atom stereocenters. The van der Waals surface area contributed by atoms with Gasteiger partial charge < -0.3 is 0 Å². The number of aromatic nitrogens is 1. The van der Waals surface area contributed by atoms with Gasteiger partial charge in [0.25, 0.3) is 0 Å². The van der Waals surface area contributed by atoms with E-state index in [1.807, 2.05) is 12.3 Å². The minimum absolute atomic E-state index is 0.969. The van der Waals surface area contributed by atoms with Crippen LogP contribution >= 0.6 is 15.9 Å². The highest BCUT2D eigenvalue weighted by Gasteiger charge is 2.06. The third-order valence-electron chi connectivity index (χ3n) is 2.96. The quantitative estimate of drug-likeness (QED) is 0.785. The van der Waals surface area contributed by atoms with Crippen molar-refractivity contribution >= 4 is 26.8 Å². The Morgan fingerprint density at radius 1 is 1.24 bits per heavy atom. The minimum atomic E-state index is 0.969. The van der Waals surface area contributed by atoms with Crippen LogP contribution < -0.4 is 0 Å². The lowest BCUT2D eigenvalue weighted by atomic mass is 10.1. The van der Waals surface area contributed by atoms with Gasteiger partial charge in [0.1, 0.15) is 0 Å². The van der Waals surface area contributed by atoms with Crippen molar-refractivity contribution in [2.24, 2.45) is 0 Å². The van der Waals surface area contributed by atoms with Crippen LogP contribution in [-0.4, -0.2) is 28.3 Å². The van der Waals surface area contributed by atoms with E-state index in [0.717, 1.165) is 30.5 Å². The average Bonchev–Trinajstić information content (AvgIpc) is 2.38. The van der Waals surface area contributed by atoms with Crippen LogP contribution in [0.3, 0.4) is 0 Å². The Bertz CT molecular complexity index is 479. The Labute approximate surface area is 111 Å². The predicted octanol–water partition coefficient (Wildman–Crippen LogP) is 3.45. The number of pyridine rings is 1. The summed E-state index contributed by atoms with van der Waals surface area (Å²) in [4.78, 5) is 6.91. The molecule has 2 nitrogen and oxygen atoms in total. The monoisotopic (exact) mass is 292 g/mol. The largest absolute Gasteiger partial charge is 0.298 e. The zero-order valence-corrected chi connectivity index (χ0v) is 11.7. The molecule has 0 spiro atoms. The number of rotatable bonds is 5. The molecule has 0 bridgehead atoms. The summed E-state index contributed by atoms with van der Waals surface area (Å²) in [5.41, 5.74) is 2.44. The van der Waals surface area contributed by atoms with E-state index in [1.54, 1.807) is 0 Å². The van der Waals surface area contributed by atoms with Crippen molar-refractivity contribution in [3.05, 3.63) is 42.1 Å². The van der Waals surface area contributed by atoms with Crippen LogP contribution in [-0.2, 0) is 6.54 Å². The van der Waals surface area contributed by atoms with Gasteiger partial charge in [-0.25, -0.2) is 0 Å². The molecule has 0 aliphatic rings. The van der Waals surface area contributed by atoms with Crippen LogP contribution in [0.2, 0.25) is 0 Å². The first kappa shape index (κ1) is 12.5. The van der Waals surface area contributed by atoms with E-state index in [9.17, 15) is 0 Å². The first-order chi connectivity index (χ1) is 8.35. The topological polar surface area (TPSA) is 16.1 Å². The summed E-state index contributed by atoms with van der Waals surface area (Å²) in [6.07, 6.45) is 1.87. The molecule has 90 valence electrons. The fourth-order valence-corrected chi connectivity index (χ4v) is 2.51. The molecule has 0 saturated heterocycles. The third-order valence-corrected chi connectivity index (χ3v) is 3.31. The minimum Gasteiger partial charge on any atom is -0.298 e. The molecule has 0 radical (unpaired) electrons. The maximum absolute atomic E-state index is 4.49. The van der Waals surface area contributed by atoms with Crippen LogP contribution in [0.15, 0.2) is 36.5 Å². The zero-order valence-electron chi connectivity index (χ0n) is 10.1. The summed E-state index contributed by atoms with van der Waals surface area (Å²) in [6, 6.07) is 10.5. The Hall–Kier alpha value is -0.930. The Balaban J connectivity index is 2.28. The number of para-hydroxylation sites is 1. The SMILES string of the molecule is CCN(CCBr)Cc1cccc2cccnc12. The van der Waals surface area contributed by atoms with Gasteiger partial charge in [0.15, 0.2) is 0 Å². The van der Waals surface area contributed by atoms with Gasteiger partial charge in [-0.2, -0.15) is 0 Å². The summed E-state index contributed by atoms with van der Waals surface area (Å²) < 4.78 is 0. The molecule has 3 heteroatoms. The molecule has 0 unspecified atom stereocenters. The number of fused-ring (bicyclic) bond motifs is 1. The molecular formula is C14H17BrN2. The molecule has 17 heavy (non-hydrogen) atoms. The van der Waals surface area contributed by atoms with Gasteiger partial charge in [-0.15, -0.1) is 0 Å². The summed E-state index contributed by atoms with van der Waals surface area (Å²) >= 11 is 3.50. The van der Waals surface area contributed by atoms with E-state index in [1.165, 1.54) is 10.9 Å². The Morgan fingerprint density at radius 3 is 2.82 bits per heavy atom. The maximum atomic E-state index is 4.49. The van der Waals surface area contributed by atoms with Crippen molar-refractivity contribution in [2.75, 3.05) is 18.4 Å². The van der Waals surface area contributed by atoms with E-state index in [0.29, 0.717) is 0 Å². The lowest BCUT2D eigenvalue weighted by Crippen LogP contribution is -2.25. The molecule has 1 aromatic heterocycles. The zero-order chi connectivity index (χ0) is 12.1. The van der Waals surface area contributed by atoms with Gasteiger partial charge in [0, 0.05) is 30.0 Å². The van der Waals surface area contributed by atoms with Crippen LogP contribution in [0.1, 0.15) is 12.5 Å². The average molecular weight is 293 g/mol. The van der Waals surface area contributed by atoms with E-state index >= 15 is 0 Å². The molecule has 2 rings (SSSR count). The standard InChI is InChI=1S/C14H17BrN2/c1-2-17(10-8-15)11-13-6-3-5-12-7-4-9-16-14(12)13/h3-7,9H,2,8,10-11H2,1H3. The van der Waals surface area contributed by atoms with Gasteiger partial charge in [-0.3, -0.25) is 9.88 Å². The summed E-state index contributed by atoms with van der Waals surface area (Å²) in [5, 5.41) is 2.24. The van der Waals surface area contributed by atoms with Gasteiger partial charge in [-0.05, 0) is 18.2 Å². The smallest absolute Gasteiger partial charge is 0.0746 e. The van der Waals surface area contributed by atoms with Crippen LogP contribution in [0.4, 0.5) is 0 Å². The normalized spacial score (nSPS) is 11.2. The van der Waals surface area contributed by atoms with Crippen molar-refractivity contribution < 1.29 is 0 Å². The second-order valence-electron chi connectivity index (χ2n) is 4.05. The lowest BCUT2D eigenvalue weighted by Gasteiger charge is -2.19. The highest BCUT2D eigenvalue weighted by molar-refractivity contribution is 9.09. The molecule has 0 aliphatic heterocycles. The Kier molecular flexibility index (Phi) is 4.51. The maximum Gasteiger partial charge on any atom is 0.0746 e. The molecular weight excluding hydrogens is 276 g/mol. The molecule has 0 aliphatic carbocycles. The van der Waals surface area contributed by atoms with Crippen molar-refractivity contribution in [2.45, 2.75) is 13.5 Å². The van der Waals surface area contributed by atoms with Gasteiger partial charge in [-0.1, -0.05) is 47.1 Å². The molecule has 2 aromatic rings. The second-order valence-corrected chi connectivity index (χ2v) is 4.84. The fourth-order valence-electron chi connectivity index (χ4n) is 2.00. The first-order valence-corrected chi connectivity index (χ1v) is 7.08.